The third-order valence-corrected chi connectivity index (χ3v) is 6.30. The van der Waals surface area contributed by atoms with Gasteiger partial charge in [-0.1, -0.05) is 20.8 Å². The monoisotopic (exact) mass is 316 g/mol. The molecule has 0 amide bonds. The van der Waals surface area contributed by atoms with Gasteiger partial charge in [0.05, 0.1) is 4.90 Å². The first-order chi connectivity index (χ1) is 9.38. The van der Waals surface area contributed by atoms with Crippen LogP contribution in [0.2, 0.25) is 0 Å². The van der Waals surface area contributed by atoms with Gasteiger partial charge in [0.1, 0.15) is 0 Å². The molecule has 0 spiro atoms. The average molecular weight is 316 g/mol. The van der Waals surface area contributed by atoms with Gasteiger partial charge >= 0.3 is 0 Å². The van der Waals surface area contributed by atoms with Crippen LogP contribution in [0.5, 0.6) is 0 Å². The molecule has 1 aromatic rings. The Hall–Kier alpha value is -0.430. The fraction of sp³-hybridized carbons (Fsp3) is 0.714. The lowest BCUT2D eigenvalue weighted by molar-refractivity contribution is 0.414. The molecule has 1 aliphatic carbocycles. The highest BCUT2D eigenvalue weighted by atomic mass is 32.2. The number of hydrogen-bond acceptors (Lipinski definition) is 4. The van der Waals surface area contributed by atoms with Gasteiger partial charge in [-0.3, -0.25) is 0 Å². The first-order valence-electron chi connectivity index (χ1n) is 7.19. The van der Waals surface area contributed by atoms with Crippen molar-refractivity contribution < 1.29 is 8.42 Å². The molecule has 6 heteroatoms. The van der Waals surface area contributed by atoms with E-state index in [1.165, 1.54) is 24.2 Å². The van der Waals surface area contributed by atoms with Crippen molar-refractivity contribution in [2.75, 3.05) is 6.54 Å². The average Bonchev–Trinajstić information content (AvgIpc) is 3.09. The maximum absolute atomic E-state index is 12.2. The van der Waals surface area contributed by atoms with E-state index < -0.39 is 10.0 Å². The van der Waals surface area contributed by atoms with Crippen LogP contribution in [0, 0.1) is 11.8 Å². The van der Waals surface area contributed by atoms with Gasteiger partial charge in [-0.25, -0.2) is 13.1 Å². The van der Waals surface area contributed by atoms with E-state index >= 15 is 0 Å². The molecule has 2 rings (SSSR count). The molecule has 114 valence electrons. The number of sulfonamides is 1. The van der Waals surface area contributed by atoms with Gasteiger partial charge in [0.15, 0.2) is 0 Å². The molecule has 0 bridgehead atoms. The van der Waals surface area contributed by atoms with Gasteiger partial charge in [0.25, 0.3) is 0 Å². The van der Waals surface area contributed by atoms with Crippen LogP contribution in [0.25, 0.3) is 0 Å². The quantitative estimate of drug-likeness (QED) is 0.775. The normalized spacial score (nSPS) is 17.6. The van der Waals surface area contributed by atoms with E-state index in [-0.39, 0.29) is 0 Å². The molecule has 1 atom stereocenters. The highest BCUT2D eigenvalue weighted by Crippen LogP contribution is 2.23. The maximum Gasteiger partial charge on any atom is 0.241 e. The van der Waals surface area contributed by atoms with Gasteiger partial charge in [-0.05, 0) is 30.7 Å². The van der Waals surface area contributed by atoms with E-state index in [1.54, 1.807) is 11.4 Å². The van der Waals surface area contributed by atoms with Crippen LogP contribution in [-0.4, -0.2) is 21.0 Å². The summed E-state index contributed by atoms with van der Waals surface area (Å²) in [5.74, 6) is 0.804. The summed E-state index contributed by atoms with van der Waals surface area (Å²) in [5.41, 5.74) is 0. The second kappa shape index (κ2) is 6.56. The maximum atomic E-state index is 12.2. The Kier molecular flexibility index (Phi) is 5.23. The standard InChI is InChI=1S/C14H24N2O2S2/c1-10(2)11(3)7-16-20(17,18)14-6-13(19-9-14)8-15-12-4-5-12/h6,9-12,15-16H,4-5,7-8H2,1-3H3. The predicted octanol–water partition coefficient (Wildman–Crippen LogP) is 2.57. The largest absolute Gasteiger partial charge is 0.309 e. The lowest BCUT2D eigenvalue weighted by Crippen LogP contribution is -2.30. The first-order valence-corrected chi connectivity index (χ1v) is 9.55. The lowest BCUT2D eigenvalue weighted by atomic mass is 9.99. The molecule has 4 nitrogen and oxygen atoms in total. The number of hydrogen-bond donors (Lipinski definition) is 2. The lowest BCUT2D eigenvalue weighted by Gasteiger charge is -2.15. The van der Waals surface area contributed by atoms with Crippen molar-refractivity contribution in [3.05, 3.63) is 16.3 Å². The summed E-state index contributed by atoms with van der Waals surface area (Å²) in [6, 6.07) is 2.42. The zero-order valence-electron chi connectivity index (χ0n) is 12.3. The Morgan fingerprint density at radius 3 is 2.65 bits per heavy atom. The van der Waals surface area contributed by atoms with Crippen LogP contribution in [-0.2, 0) is 16.6 Å². The molecular formula is C14H24N2O2S2. The van der Waals surface area contributed by atoms with E-state index in [4.69, 9.17) is 0 Å². The van der Waals surface area contributed by atoms with Crippen molar-refractivity contribution in [1.82, 2.24) is 10.0 Å². The molecule has 1 saturated carbocycles. The third kappa shape index (κ3) is 4.55. The second-order valence-corrected chi connectivity index (χ2v) is 8.74. The van der Waals surface area contributed by atoms with Crippen molar-refractivity contribution in [2.24, 2.45) is 11.8 Å². The molecular weight excluding hydrogens is 292 g/mol. The smallest absolute Gasteiger partial charge is 0.241 e. The molecule has 1 fully saturated rings. The van der Waals surface area contributed by atoms with E-state index in [0.29, 0.717) is 29.3 Å². The van der Waals surface area contributed by atoms with E-state index in [0.717, 1.165) is 11.4 Å². The van der Waals surface area contributed by atoms with E-state index in [1.807, 2.05) is 0 Å². The topological polar surface area (TPSA) is 58.2 Å². The zero-order chi connectivity index (χ0) is 14.8. The molecule has 0 aromatic carbocycles. The summed E-state index contributed by atoms with van der Waals surface area (Å²) >= 11 is 1.51. The summed E-state index contributed by atoms with van der Waals surface area (Å²) in [5, 5.41) is 5.13. The second-order valence-electron chi connectivity index (χ2n) is 5.98. The van der Waals surface area contributed by atoms with Gasteiger partial charge in [-0.15, -0.1) is 11.3 Å². The van der Waals surface area contributed by atoms with Crippen molar-refractivity contribution in [2.45, 2.75) is 51.1 Å². The highest BCUT2D eigenvalue weighted by molar-refractivity contribution is 7.89. The molecule has 1 aromatic heterocycles. The minimum absolute atomic E-state index is 0.333. The van der Waals surface area contributed by atoms with Crippen LogP contribution in [0.1, 0.15) is 38.5 Å². The Labute approximate surface area is 126 Å². The fourth-order valence-electron chi connectivity index (χ4n) is 1.69. The van der Waals surface area contributed by atoms with Crippen molar-refractivity contribution in [1.29, 1.82) is 0 Å². The zero-order valence-corrected chi connectivity index (χ0v) is 14.0. The predicted molar refractivity (Wildman–Crippen MR) is 83.4 cm³/mol. The number of rotatable bonds is 8. The van der Waals surface area contributed by atoms with Crippen molar-refractivity contribution in [3.8, 4) is 0 Å². The van der Waals surface area contributed by atoms with E-state index in [9.17, 15) is 8.42 Å². The fourth-order valence-corrected chi connectivity index (χ4v) is 4.06. The minimum atomic E-state index is -3.36. The molecule has 1 unspecified atom stereocenters. The van der Waals surface area contributed by atoms with Crippen LogP contribution < -0.4 is 10.0 Å². The summed E-state index contributed by atoms with van der Waals surface area (Å²) in [4.78, 5) is 1.47. The molecule has 20 heavy (non-hydrogen) atoms. The summed E-state index contributed by atoms with van der Waals surface area (Å²) in [7, 11) is -3.36. The Bertz CT molecular complexity index is 533. The third-order valence-electron chi connectivity index (χ3n) is 3.82. The van der Waals surface area contributed by atoms with E-state index in [2.05, 4.69) is 30.8 Å². The van der Waals surface area contributed by atoms with Crippen LogP contribution >= 0.6 is 11.3 Å². The molecule has 0 aliphatic heterocycles. The van der Waals surface area contributed by atoms with Gasteiger partial charge in [0, 0.05) is 29.4 Å². The van der Waals surface area contributed by atoms with Crippen LogP contribution in [0.4, 0.5) is 0 Å². The summed E-state index contributed by atoms with van der Waals surface area (Å²) in [6.45, 7) is 7.53. The molecule has 1 heterocycles. The first kappa shape index (κ1) is 15.9. The Morgan fingerprint density at radius 1 is 1.35 bits per heavy atom. The molecule has 0 saturated heterocycles. The molecule has 2 N–H and O–H groups in total. The van der Waals surface area contributed by atoms with Crippen molar-refractivity contribution in [3.63, 3.8) is 0 Å². The van der Waals surface area contributed by atoms with Crippen molar-refractivity contribution >= 4 is 21.4 Å². The Balaban J connectivity index is 1.90. The highest BCUT2D eigenvalue weighted by Gasteiger charge is 2.21. The van der Waals surface area contributed by atoms with Gasteiger partial charge in [-0.2, -0.15) is 0 Å². The molecule has 1 aliphatic rings. The summed E-state index contributed by atoms with van der Waals surface area (Å²) < 4.78 is 27.1. The Morgan fingerprint density at radius 2 is 2.05 bits per heavy atom. The molecule has 0 radical (unpaired) electrons. The van der Waals surface area contributed by atoms with Crippen LogP contribution in [0.15, 0.2) is 16.3 Å². The van der Waals surface area contributed by atoms with Crippen LogP contribution in [0.3, 0.4) is 0 Å². The number of thiophene rings is 1. The van der Waals surface area contributed by atoms with Gasteiger partial charge in [0.2, 0.25) is 10.0 Å². The SMILES string of the molecule is CC(C)C(C)CNS(=O)(=O)c1csc(CNC2CC2)c1. The minimum Gasteiger partial charge on any atom is -0.309 e. The van der Waals surface area contributed by atoms with Gasteiger partial charge < -0.3 is 5.32 Å². The summed E-state index contributed by atoms with van der Waals surface area (Å²) in [6.07, 6.45) is 2.48. The number of nitrogens with one attached hydrogen (secondary N) is 2.